The van der Waals surface area contributed by atoms with E-state index in [1.165, 1.54) is 12.1 Å². The minimum atomic E-state index is -4.47. The normalized spacial score (nSPS) is 12.7. The number of hydrogen-bond donors (Lipinski definition) is 2. The lowest BCUT2D eigenvalue weighted by atomic mass is 10.1. The Bertz CT molecular complexity index is 713. The molecule has 0 heterocycles. The van der Waals surface area contributed by atoms with Gasteiger partial charge in [-0.15, -0.1) is 0 Å². The van der Waals surface area contributed by atoms with Crippen molar-refractivity contribution >= 4 is 5.91 Å². The Morgan fingerprint density at radius 3 is 2.54 bits per heavy atom. The number of aliphatic hydroxyl groups excluding tert-OH is 1. The van der Waals surface area contributed by atoms with Crippen molar-refractivity contribution in [3.05, 3.63) is 70.8 Å². The van der Waals surface area contributed by atoms with E-state index in [4.69, 9.17) is 0 Å². The quantitative estimate of drug-likeness (QED) is 0.878. The second-order valence-electron chi connectivity index (χ2n) is 5.61. The zero-order valence-corrected chi connectivity index (χ0v) is 13.1. The molecule has 0 bridgehead atoms. The molecule has 1 atom stereocenters. The molecule has 2 aromatic carbocycles. The van der Waals surface area contributed by atoms with Crippen molar-refractivity contribution in [3.8, 4) is 0 Å². The van der Waals surface area contributed by atoms with Crippen LogP contribution in [0.3, 0.4) is 0 Å². The van der Waals surface area contributed by atoms with Gasteiger partial charge in [0.25, 0.3) is 0 Å². The average molecular weight is 337 g/mol. The Morgan fingerprint density at radius 2 is 1.88 bits per heavy atom. The molecule has 3 nitrogen and oxygen atoms in total. The Morgan fingerprint density at radius 1 is 1.17 bits per heavy atom. The fourth-order valence-electron chi connectivity index (χ4n) is 2.32. The molecule has 0 radical (unpaired) electrons. The number of benzene rings is 2. The number of carbonyl (C=O) groups is 1. The van der Waals surface area contributed by atoms with Gasteiger partial charge in [-0.1, -0.05) is 42.0 Å². The van der Waals surface area contributed by atoms with Crippen molar-refractivity contribution in [2.45, 2.75) is 25.6 Å². The number of amides is 1. The fourth-order valence-corrected chi connectivity index (χ4v) is 2.32. The highest BCUT2D eigenvalue weighted by Gasteiger charge is 2.30. The maximum Gasteiger partial charge on any atom is 0.416 e. The Balaban J connectivity index is 1.93. The van der Waals surface area contributed by atoms with Crippen LogP contribution in [0, 0.1) is 6.92 Å². The van der Waals surface area contributed by atoms with Gasteiger partial charge < -0.3 is 10.4 Å². The molecule has 24 heavy (non-hydrogen) atoms. The van der Waals surface area contributed by atoms with Gasteiger partial charge in [-0.25, -0.2) is 0 Å². The van der Waals surface area contributed by atoms with Gasteiger partial charge >= 0.3 is 6.18 Å². The van der Waals surface area contributed by atoms with Gasteiger partial charge in [-0.05, 0) is 30.2 Å². The number of aryl methyl sites for hydroxylation is 1. The van der Waals surface area contributed by atoms with E-state index < -0.39 is 17.8 Å². The highest BCUT2D eigenvalue weighted by atomic mass is 19.4. The lowest BCUT2D eigenvalue weighted by molar-refractivity contribution is -0.137. The molecule has 128 valence electrons. The number of alkyl halides is 3. The molecule has 2 N–H and O–H groups in total. The zero-order valence-electron chi connectivity index (χ0n) is 13.1. The Hall–Kier alpha value is -2.34. The van der Waals surface area contributed by atoms with Crippen LogP contribution in [0.5, 0.6) is 0 Å². The molecule has 0 saturated heterocycles. The molecular formula is C18H18F3NO2. The van der Waals surface area contributed by atoms with Gasteiger partial charge in [0.2, 0.25) is 5.91 Å². The predicted octanol–water partition coefficient (Wildman–Crippen LogP) is 3.41. The van der Waals surface area contributed by atoms with Crippen molar-refractivity contribution in [3.63, 3.8) is 0 Å². The molecule has 1 amide bonds. The molecule has 1 unspecified atom stereocenters. The zero-order chi connectivity index (χ0) is 17.7. The average Bonchev–Trinajstić information content (AvgIpc) is 2.52. The van der Waals surface area contributed by atoms with Gasteiger partial charge in [0.05, 0.1) is 18.1 Å². The van der Waals surface area contributed by atoms with Crippen molar-refractivity contribution in [2.24, 2.45) is 0 Å². The summed E-state index contributed by atoms with van der Waals surface area (Å²) in [6.07, 6.45) is -5.52. The number of carbonyl (C=O) groups excluding carboxylic acids is 1. The molecule has 0 aliphatic carbocycles. The van der Waals surface area contributed by atoms with Crippen molar-refractivity contribution in [2.75, 3.05) is 6.54 Å². The molecule has 0 aliphatic rings. The van der Waals surface area contributed by atoms with Gasteiger partial charge in [0.15, 0.2) is 0 Å². The van der Waals surface area contributed by atoms with E-state index in [0.717, 1.165) is 23.3 Å². The summed E-state index contributed by atoms with van der Waals surface area (Å²) >= 11 is 0. The monoisotopic (exact) mass is 337 g/mol. The van der Waals surface area contributed by atoms with Crippen molar-refractivity contribution in [1.29, 1.82) is 0 Å². The largest absolute Gasteiger partial charge is 0.416 e. The van der Waals surface area contributed by atoms with E-state index in [0.29, 0.717) is 0 Å². The third-order valence-corrected chi connectivity index (χ3v) is 3.54. The maximum absolute atomic E-state index is 12.7. The summed E-state index contributed by atoms with van der Waals surface area (Å²) < 4.78 is 38.0. The van der Waals surface area contributed by atoms with Gasteiger partial charge in [0.1, 0.15) is 0 Å². The molecule has 0 saturated carbocycles. The first-order valence-electron chi connectivity index (χ1n) is 7.43. The third kappa shape index (κ3) is 5.09. The Kier molecular flexibility index (Phi) is 5.62. The number of nitrogens with one attached hydrogen (secondary N) is 1. The van der Waals surface area contributed by atoms with E-state index in [-0.39, 0.29) is 24.4 Å². The lowest BCUT2D eigenvalue weighted by Crippen LogP contribution is -2.29. The number of aliphatic hydroxyl groups is 1. The summed E-state index contributed by atoms with van der Waals surface area (Å²) in [5.74, 6) is -0.299. The highest BCUT2D eigenvalue weighted by molar-refractivity contribution is 5.78. The van der Waals surface area contributed by atoms with Crippen LogP contribution >= 0.6 is 0 Å². The minimum absolute atomic E-state index is 0.112. The lowest BCUT2D eigenvalue weighted by Gasteiger charge is -2.14. The molecule has 2 aromatic rings. The van der Waals surface area contributed by atoms with Crippen LogP contribution in [-0.4, -0.2) is 17.6 Å². The second kappa shape index (κ2) is 7.49. The van der Waals surface area contributed by atoms with E-state index in [2.05, 4.69) is 5.32 Å². The summed E-state index contributed by atoms with van der Waals surface area (Å²) in [7, 11) is 0. The van der Waals surface area contributed by atoms with Gasteiger partial charge in [-0.2, -0.15) is 13.2 Å². The van der Waals surface area contributed by atoms with E-state index >= 15 is 0 Å². The molecule has 0 aromatic heterocycles. The van der Waals surface area contributed by atoms with Crippen LogP contribution in [0.2, 0.25) is 0 Å². The van der Waals surface area contributed by atoms with E-state index in [1.807, 2.05) is 31.2 Å². The second-order valence-corrected chi connectivity index (χ2v) is 5.61. The Labute approximate surface area is 138 Å². The SMILES string of the molecule is Cc1cccc(CC(=O)NCC(O)c2cccc(C(F)(F)F)c2)c1. The van der Waals surface area contributed by atoms with Crippen molar-refractivity contribution in [1.82, 2.24) is 5.32 Å². The first-order valence-corrected chi connectivity index (χ1v) is 7.43. The topological polar surface area (TPSA) is 49.3 Å². The number of hydrogen-bond acceptors (Lipinski definition) is 2. The van der Waals surface area contributed by atoms with Crippen molar-refractivity contribution < 1.29 is 23.1 Å². The first kappa shape index (κ1) is 18.0. The number of halogens is 3. The van der Waals surface area contributed by atoms with Crippen LogP contribution in [-0.2, 0) is 17.4 Å². The standard InChI is InChI=1S/C18H18F3NO2/c1-12-4-2-5-13(8-12)9-17(24)22-11-16(23)14-6-3-7-15(10-14)18(19,20)21/h2-8,10,16,23H,9,11H2,1H3,(H,22,24). The van der Waals surface area contributed by atoms with Gasteiger partial charge in [0, 0.05) is 6.54 Å². The summed E-state index contributed by atoms with van der Waals surface area (Å²) in [6, 6.07) is 11.9. The minimum Gasteiger partial charge on any atom is -0.387 e. The van der Waals surface area contributed by atoms with Crippen LogP contribution in [0.1, 0.15) is 28.4 Å². The summed E-state index contributed by atoms with van der Waals surface area (Å²) in [5, 5.41) is 12.5. The van der Waals surface area contributed by atoms with E-state index in [9.17, 15) is 23.1 Å². The summed E-state index contributed by atoms with van der Waals surface area (Å²) in [5.41, 5.74) is 1.15. The molecule has 2 rings (SSSR count). The molecular weight excluding hydrogens is 319 g/mol. The highest BCUT2D eigenvalue weighted by Crippen LogP contribution is 2.30. The summed E-state index contributed by atoms with van der Waals surface area (Å²) in [6.45, 7) is 1.77. The predicted molar refractivity (Wildman–Crippen MR) is 84.3 cm³/mol. The molecule has 0 fully saturated rings. The molecule has 0 spiro atoms. The van der Waals surface area contributed by atoms with Crippen LogP contribution in [0.4, 0.5) is 13.2 Å². The van der Waals surface area contributed by atoms with E-state index in [1.54, 1.807) is 0 Å². The third-order valence-electron chi connectivity index (χ3n) is 3.54. The van der Waals surface area contributed by atoms with Gasteiger partial charge in [-0.3, -0.25) is 4.79 Å². The summed E-state index contributed by atoms with van der Waals surface area (Å²) in [4.78, 5) is 11.9. The molecule has 0 aliphatic heterocycles. The maximum atomic E-state index is 12.7. The molecule has 6 heteroatoms. The number of rotatable bonds is 5. The van der Waals surface area contributed by atoms with Crippen LogP contribution < -0.4 is 5.32 Å². The smallest absolute Gasteiger partial charge is 0.387 e. The van der Waals surface area contributed by atoms with Crippen LogP contribution in [0.25, 0.3) is 0 Å². The van der Waals surface area contributed by atoms with Crippen LogP contribution in [0.15, 0.2) is 48.5 Å². The fraction of sp³-hybridized carbons (Fsp3) is 0.278. The first-order chi connectivity index (χ1) is 11.3.